The molecular weight excluding hydrogens is 717 g/mol. The number of benzene rings is 10. The maximum Gasteiger partial charge on any atom is 0.137 e. The fourth-order valence-electron chi connectivity index (χ4n) is 9.21. The minimum absolute atomic E-state index is 0.855. The minimum atomic E-state index is 0.855. The molecule has 12 rings (SSSR count). The average Bonchev–Trinajstić information content (AvgIpc) is 3.84. The number of anilines is 3. The maximum absolute atomic E-state index is 6.56. The molecule has 10 aromatic carbocycles. The van der Waals surface area contributed by atoms with Crippen LogP contribution < -0.4 is 4.90 Å². The van der Waals surface area contributed by atoms with E-state index >= 15 is 0 Å². The lowest BCUT2D eigenvalue weighted by atomic mass is 9.90. The van der Waals surface area contributed by atoms with Gasteiger partial charge in [0.2, 0.25) is 0 Å². The number of hydrogen-bond acceptors (Lipinski definition) is 2. The van der Waals surface area contributed by atoms with E-state index in [9.17, 15) is 0 Å². The first-order valence-electron chi connectivity index (χ1n) is 20.2. The second-order valence-corrected chi connectivity index (χ2v) is 15.3. The Bertz CT molecular complexity index is 3580. The zero-order valence-electron chi connectivity index (χ0n) is 32.1. The van der Waals surface area contributed by atoms with Gasteiger partial charge >= 0.3 is 0 Å². The lowest BCUT2D eigenvalue weighted by Crippen LogP contribution is -2.12. The third-order valence-corrected chi connectivity index (χ3v) is 11.9. The van der Waals surface area contributed by atoms with Gasteiger partial charge in [-0.1, -0.05) is 140 Å². The van der Waals surface area contributed by atoms with Gasteiger partial charge in [-0.05, 0) is 111 Å². The quantitative estimate of drug-likeness (QED) is 0.169. The molecule has 276 valence electrons. The Hall–Kier alpha value is -7.88. The molecule has 2 aromatic heterocycles. The number of para-hydroxylation sites is 3. The van der Waals surface area contributed by atoms with Crippen LogP contribution in [0.15, 0.2) is 223 Å². The zero-order chi connectivity index (χ0) is 38.9. The van der Waals surface area contributed by atoms with Crippen LogP contribution in [0.3, 0.4) is 0 Å². The van der Waals surface area contributed by atoms with E-state index < -0.39 is 0 Å². The summed E-state index contributed by atoms with van der Waals surface area (Å²) in [6, 6.07) is 79.0. The first-order valence-corrected chi connectivity index (χ1v) is 20.2. The van der Waals surface area contributed by atoms with Gasteiger partial charge in [-0.3, -0.25) is 0 Å². The summed E-state index contributed by atoms with van der Waals surface area (Å²) in [5, 5.41) is 9.48. The molecule has 3 nitrogen and oxygen atoms in total. The summed E-state index contributed by atoms with van der Waals surface area (Å²) in [5.41, 5.74) is 13.0. The van der Waals surface area contributed by atoms with Crippen molar-refractivity contribution in [2.24, 2.45) is 0 Å². The van der Waals surface area contributed by atoms with Gasteiger partial charge in [0.25, 0.3) is 0 Å². The van der Waals surface area contributed by atoms with Crippen molar-refractivity contribution in [1.29, 1.82) is 0 Å². The summed E-state index contributed by atoms with van der Waals surface area (Å²) < 4.78 is 8.94. The van der Waals surface area contributed by atoms with Crippen LogP contribution in [-0.2, 0) is 0 Å². The van der Waals surface area contributed by atoms with Gasteiger partial charge in [0.1, 0.15) is 11.2 Å². The highest BCUT2D eigenvalue weighted by atomic mass is 16.3. The number of furan rings is 1. The summed E-state index contributed by atoms with van der Waals surface area (Å²) >= 11 is 0. The largest absolute Gasteiger partial charge is 0.456 e. The molecule has 3 heteroatoms. The molecule has 12 aromatic rings. The third-order valence-electron chi connectivity index (χ3n) is 11.9. The first-order chi connectivity index (χ1) is 29.2. The van der Waals surface area contributed by atoms with Crippen molar-refractivity contribution in [2.75, 3.05) is 4.90 Å². The first kappa shape index (κ1) is 33.3. The molecule has 0 aliphatic rings. The van der Waals surface area contributed by atoms with Crippen molar-refractivity contribution in [3.05, 3.63) is 218 Å². The Morgan fingerprint density at radius 3 is 1.78 bits per heavy atom. The highest BCUT2D eigenvalue weighted by Gasteiger charge is 2.24. The van der Waals surface area contributed by atoms with Crippen LogP contribution in [-0.4, -0.2) is 4.57 Å². The van der Waals surface area contributed by atoms with E-state index in [4.69, 9.17) is 4.42 Å². The number of hydrogen-bond donors (Lipinski definition) is 0. The molecular formula is C56H36N2O. The molecule has 0 unspecified atom stereocenters. The van der Waals surface area contributed by atoms with Crippen molar-refractivity contribution in [3.63, 3.8) is 0 Å². The van der Waals surface area contributed by atoms with E-state index in [0.717, 1.165) is 61.3 Å². The van der Waals surface area contributed by atoms with Crippen LogP contribution in [0.25, 0.3) is 93.2 Å². The highest BCUT2D eigenvalue weighted by Crippen LogP contribution is 2.48. The van der Waals surface area contributed by atoms with Gasteiger partial charge in [0.05, 0.1) is 16.7 Å². The molecule has 0 N–H and O–H groups in total. The van der Waals surface area contributed by atoms with Crippen LogP contribution in [0.1, 0.15) is 0 Å². The summed E-state index contributed by atoms with van der Waals surface area (Å²) in [7, 11) is 0. The van der Waals surface area contributed by atoms with Crippen molar-refractivity contribution in [3.8, 4) is 27.9 Å². The molecule has 0 spiro atoms. The topological polar surface area (TPSA) is 21.3 Å². The third kappa shape index (κ3) is 5.44. The lowest BCUT2D eigenvalue weighted by Gasteiger charge is -2.29. The fourth-order valence-corrected chi connectivity index (χ4v) is 9.21. The van der Waals surface area contributed by atoms with Crippen molar-refractivity contribution in [1.82, 2.24) is 4.57 Å². The molecule has 0 amide bonds. The van der Waals surface area contributed by atoms with E-state index in [1.54, 1.807) is 0 Å². The number of fused-ring (bicyclic) bond motifs is 8. The van der Waals surface area contributed by atoms with Gasteiger partial charge in [-0.2, -0.15) is 0 Å². The van der Waals surface area contributed by atoms with Crippen molar-refractivity contribution >= 4 is 82.4 Å². The monoisotopic (exact) mass is 752 g/mol. The number of rotatable bonds is 6. The Morgan fingerprint density at radius 1 is 0.356 bits per heavy atom. The molecule has 0 fully saturated rings. The molecule has 0 saturated heterocycles. The molecule has 0 radical (unpaired) electrons. The van der Waals surface area contributed by atoms with E-state index in [-0.39, 0.29) is 0 Å². The molecule has 0 saturated carbocycles. The van der Waals surface area contributed by atoms with Crippen LogP contribution >= 0.6 is 0 Å². The van der Waals surface area contributed by atoms with E-state index in [1.807, 2.05) is 12.1 Å². The Labute approximate surface area is 341 Å². The minimum Gasteiger partial charge on any atom is -0.456 e. The molecule has 0 bridgehead atoms. The number of nitrogens with zero attached hydrogens (tertiary/aromatic N) is 2. The summed E-state index contributed by atoms with van der Waals surface area (Å²) in [6.07, 6.45) is 0. The van der Waals surface area contributed by atoms with E-state index in [0.29, 0.717) is 0 Å². The van der Waals surface area contributed by atoms with Crippen LogP contribution in [0, 0.1) is 0 Å². The van der Waals surface area contributed by atoms with E-state index in [2.05, 4.69) is 216 Å². The van der Waals surface area contributed by atoms with Crippen LogP contribution in [0.4, 0.5) is 17.1 Å². The Balaban J connectivity index is 1.16. The van der Waals surface area contributed by atoms with Crippen molar-refractivity contribution < 1.29 is 4.42 Å². The lowest BCUT2D eigenvalue weighted by molar-refractivity contribution is 0.669. The van der Waals surface area contributed by atoms with Gasteiger partial charge in [-0.25, -0.2) is 0 Å². The summed E-state index contributed by atoms with van der Waals surface area (Å²) in [5.74, 6) is 0. The molecule has 0 aliphatic heterocycles. The van der Waals surface area contributed by atoms with E-state index in [1.165, 1.54) is 49.0 Å². The standard InChI is InChI=1S/C56H36N2O/c1-2-17-43(18-3-1)58-51-22-10-8-19-47(51)50-35-44(30-32-52(50)58)57(45-29-31-49-48-20-9-11-24-54(48)59-55(49)36-45)53-23-12-21-46(41-27-25-37-13-4-6-15-39(37)33-41)56(53)42-28-26-38-14-5-7-16-40(38)34-42/h1-36H. The van der Waals surface area contributed by atoms with Gasteiger partial charge < -0.3 is 13.9 Å². The number of aromatic nitrogens is 1. The average molecular weight is 753 g/mol. The molecule has 59 heavy (non-hydrogen) atoms. The van der Waals surface area contributed by atoms with Crippen LogP contribution in [0.5, 0.6) is 0 Å². The second kappa shape index (κ2) is 13.4. The summed E-state index contributed by atoms with van der Waals surface area (Å²) in [4.78, 5) is 2.43. The van der Waals surface area contributed by atoms with Gasteiger partial charge in [0, 0.05) is 50.2 Å². The predicted octanol–water partition coefficient (Wildman–Crippen LogP) is 15.8. The predicted molar refractivity (Wildman–Crippen MR) is 249 cm³/mol. The zero-order valence-corrected chi connectivity index (χ0v) is 32.1. The molecule has 2 heterocycles. The van der Waals surface area contributed by atoms with Crippen LogP contribution in [0.2, 0.25) is 0 Å². The normalized spacial score (nSPS) is 11.7. The summed E-state index contributed by atoms with van der Waals surface area (Å²) in [6.45, 7) is 0. The highest BCUT2D eigenvalue weighted by molar-refractivity contribution is 6.12. The Kier molecular flexibility index (Phi) is 7.54. The van der Waals surface area contributed by atoms with Crippen molar-refractivity contribution in [2.45, 2.75) is 0 Å². The SMILES string of the molecule is c1ccc(-n2c3ccccc3c3cc(N(c4ccc5c(c4)oc4ccccc45)c4cccc(-c5ccc6ccccc6c5)c4-c4ccc5ccccc5c4)ccc32)cc1. The maximum atomic E-state index is 6.56. The fraction of sp³-hybridized carbons (Fsp3) is 0. The smallest absolute Gasteiger partial charge is 0.137 e. The Morgan fingerprint density at radius 2 is 0.966 bits per heavy atom. The van der Waals surface area contributed by atoms with Gasteiger partial charge in [0.15, 0.2) is 0 Å². The molecule has 0 aliphatic carbocycles. The second-order valence-electron chi connectivity index (χ2n) is 15.3. The molecule has 0 atom stereocenters. The van der Waals surface area contributed by atoms with Gasteiger partial charge in [-0.15, -0.1) is 0 Å².